The van der Waals surface area contributed by atoms with Crippen molar-refractivity contribution in [2.45, 2.75) is 6.92 Å². The standard InChI is InChI=1S/C19H15Cl2N3O4/c1-10-12-4-2-3-5-15(12)28-17(10)19(27)24-23-16(25)9-22-18(26)13-7-6-11(20)8-14(13)21/h2-8H,9H2,1H3,(H,22,26)(H,23,25)(H,24,27). The van der Waals surface area contributed by atoms with E-state index in [0.717, 1.165) is 5.39 Å². The lowest BCUT2D eigenvalue weighted by molar-refractivity contribution is -0.120. The van der Waals surface area contributed by atoms with Crippen LogP contribution in [0.5, 0.6) is 0 Å². The van der Waals surface area contributed by atoms with E-state index in [2.05, 4.69) is 16.2 Å². The molecule has 0 fully saturated rings. The number of nitrogens with one attached hydrogen (secondary N) is 3. The van der Waals surface area contributed by atoms with Crippen molar-refractivity contribution in [1.29, 1.82) is 0 Å². The van der Waals surface area contributed by atoms with E-state index in [1.165, 1.54) is 18.2 Å². The van der Waals surface area contributed by atoms with Crippen LogP contribution in [0.4, 0.5) is 0 Å². The van der Waals surface area contributed by atoms with Gasteiger partial charge in [0.2, 0.25) is 0 Å². The first-order valence-electron chi connectivity index (χ1n) is 8.17. The van der Waals surface area contributed by atoms with E-state index in [0.29, 0.717) is 16.2 Å². The average Bonchev–Trinajstić information content (AvgIpc) is 3.01. The van der Waals surface area contributed by atoms with Gasteiger partial charge in [-0.1, -0.05) is 41.4 Å². The van der Waals surface area contributed by atoms with Crippen LogP contribution in [0.2, 0.25) is 10.0 Å². The monoisotopic (exact) mass is 419 g/mol. The zero-order valence-electron chi connectivity index (χ0n) is 14.6. The lowest BCUT2D eigenvalue weighted by Gasteiger charge is -2.09. The van der Waals surface area contributed by atoms with Crippen LogP contribution in [0.15, 0.2) is 46.9 Å². The third-order valence-electron chi connectivity index (χ3n) is 3.95. The summed E-state index contributed by atoms with van der Waals surface area (Å²) in [6, 6.07) is 11.6. The van der Waals surface area contributed by atoms with Gasteiger partial charge in [-0.2, -0.15) is 0 Å². The molecule has 0 aliphatic carbocycles. The van der Waals surface area contributed by atoms with Crippen LogP contribution < -0.4 is 16.2 Å². The van der Waals surface area contributed by atoms with Gasteiger partial charge in [0.05, 0.1) is 17.1 Å². The predicted octanol–water partition coefficient (Wildman–Crippen LogP) is 3.24. The quantitative estimate of drug-likeness (QED) is 0.565. The molecular formula is C19H15Cl2N3O4. The number of carbonyl (C=O) groups excluding carboxylic acids is 3. The number of carbonyl (C=O) groups is 3. The van der Waals surface area contributed by atoms with Gasteiger partial charge in [0.1, 0.15) is 5.58 Å². The Morgan fingerprint density at radius 2 is 1.75 bits per heavy atom. The summed E-state index contributed by atoms with van der Waals surface area (Å²) in [7, 11) is 0. The minimum atomic E-state index is -0.624. The van der Waals surface area contributed by atoms with Crippen molar-refractivity contribution < 1.29 is 18.8 Å². The molecule has 7 nitrogen and oxygen atoms in total. The number of halogens is 2. The molecule has 1 heterocycles. The molecule has 0 unspecified atom stereocenters. The summed E-state index contributed by atoms with van der Waals surface area (Å²) in [5.74, 6) is -1.68. The highest BCUT2D eigenvalue weighted by Gasteiger charge is 2.18. The van der Waals surface area contributed by atoms with Crippen molar-refractivity contribution in [3.8, 4) is 0 Å². The van der Waals surface area contributed by atoms with Crippen LogP contribution in [-0.2, 0) is 4.79 Å². The Morgan fingerprint density at radius 1 is 1.00 bits per heavy atom. The van der Waals surface area contributed by atoms with Gasteiger partial charge in [0.15, 0.2) is 5.76 Å². The fraction of sp³-hybridized carbons (Fsp3) is 0.105. The van der Waals surface area contributed by atoms with Gasteiger partial charge in [-0.15, -0.1) is 0 Å². The lowest BCUT2D eigenvalue weighted by atomic mass is 10.1. The van der Waals surface area contributed by atoms with Gasteiger partial charge in [0, 0.05) is 16.0 Å². The van der Waals surface area contributed by atoms with Gasteiger partial charge >= 0.3 is 5.91 Å². The van der Waals surface area contributed by atoms with Gasteiger partial charge in [-0.25, -0.2) is 0 Å². The molecule has 0 saturated carbocycles. The molecule has 0 bridgehead atoms. The van der Waals surface area contributed by atoms with Crippen LogP contribution in [0.3, 0.4) is 0 Å². The minimum Gasteiger partial charge on any atom is -0.451 e. The molecule has 3 N–H and O–H groups in total. The molecule has 0 aliphatic rings. The van der Waals surface area contributed by atoms with Crippen LogP contribution in [0.25, 0.3) is 11.0 Å². The van der Waals surface area contributed by atoms with Gasteiger partial charge < -0.3 is 9.73 Å². The Hall–Kier alpha value is -3.03. The fourth-order valence-corrected chi connectivity index (χ4v) is 3.04. The van der Waals surface area contributed by atoms with E-state index in [1.54, 1.807) is 19.1 Å². The number of benzene rings is 2. The topological polar surface area (TPSA) is 100 Å². The molecule has 2 aromatic carbocycles. The lowest BCUT2D eigenvalue weighted by Crippen LogP contribution is -2.46. The maximum absolute atomic E-state index is 12.2. The number of para-hydroxylation sites is 1. The Labute approximate surface area is 170 Å². The highest BCUT2D eigenvalue weighted by atomic mass is 35.5. The Balaban J connectivity index is 1.54. The number of hydrazine groups is 1. The average molecular weight is 420 g/mol. The maximum Gasteiger partial charge on any atom is 0.305 e. The molecule has 9 heteroatoms. The van der Waals surface area contributed by atoms with E-state index in [9.17, 15) is 14.4 Å². The fourth-order valence-electron chi connectivity index (χ4n) is 2.55. The third kappa shape index (κ3) is 4.27. The second-order valence-corrected chi connectivity index (χ2v) is 6.71. The number of rotatable bonds is 4. The first-order chi connectivity index (χ1) is 13.4. The predicted molar refractivity (Wildman–Crippen MR) is 105 cm³/mol. The number of hydrogen-bond acceptors (Lipinski definition) is 4. The third-order valence-corrected chi connectivity index (χ3v) is 4.50. The molecule has 3 rings (SSSR count). The normalized spacial score (nSPS) is 10.5. The van der Waals surface area contributed by atoms with Gasteiger partial charge in [0.25, 0.3) is 11.8 Å². The molecule has 144 valence electrons. The van der Waals surface area contributed by atoms with E-state index in [1.807, 2.05) is 12.1 Å². The summed E-state index contributed by atoms with van der Waals surface area (Å²) in [6.07, 6.45) is 0. The summed E-state index contributed by atoms with van der Waals surface area (Å²) in [5.41, 5.74) is 5.89. The Kier molecular flexibility index (Phi) is 5.87. The van der Waals surface area contributed by atoms with Crippen molar-refractivity contribution in [2.24, 2.45) is 0 Å². The van der Waals surface area contributed by atoms with E-state index in [4.69, 9.17) is 27.6 Å². The van der Waals surface area contributed by atoms with Crippen LogP contribution in [-0.4, -0.2) is 24.3 Å². The summed E-state index contributed by atoms with van der Waals surface area (Å²) in [6.45, 7) is 1.38. The maximum atomic E-state index is 12.2. The first kappa shape index (κ1) is 19.7. The zero-order chi connectivity index (χ0) is 20.3. The van der Waals surface area contributed by atoms with E-state index < -0.39 is 17.7 Å². The molecule has 28 heavy (non-hydrogen) atoms. The van der Waals surface area contributed by atoms with Crippen LogP contribution >= 0.6 is 23.2 Å². The number of aryl methyl sites for hydroxylation is 1. The summed E-state index contributed by atoms with van der Waals surface area (Å²) in [5, 5.41) is 3.77. The number of furan rings is 1. The van der Waals surface area contributed by atoms with E-state index in [-0.39, 0.29) is 22.9 Å². The second kappa shape index (κ2) is 8.33. The number of fused-ring (bicyclic) bond motifs is 1. The van der Waals surface area contributed by atoms with Gasteiger partial charge in [-0.05, 0) is 31.2 Å². The highest BCUT2D eigenvalue weighted by Crippen LogP contribution is 2.24. The van der Waals surface area contributed by atoms with Crippen LogP contribution in [0, 0.1) is 6.92 Å². The van der Waals surface area contributed by atoms with Crippen LogP contribution in [0.1, 0.15) is 26.5 Å². The molecule has 0 radical (unpaired) electrons. The SMILES string of the molecule is Cc1c(C(=O)NNC(=O)CNC(=O)c2ccc(Cl)cc2Cl)oc2ccccc12. The number of amides is 3. The molecule has 0 aliphatic heterocycles. The molecule has 1 aromatic heterocycles. The zero-order valence-corrected chi connectivity index (χ0v) is 16.1. The van der Waals surface area contributed by atoms with Crippen molar-refractivity contribution in [3.05, 3.63) is 69.4 Å². The Morgan fingerprint density at radius 3 is 2.46 bits per heavy atom. The van der Waals surface area contributed by atoms with Crippen molar-refractivity contribution >= 4 is 51.9 Å². The highest BCUT2D eigenvalue weighted by molar-refractivity contribution is 6.36. The van der Waals surface area contributed by atoms with Gasteiger partial charge in [-0.3, -0.25) is 25.2 Å². The first-order valence-corrected chi connectivity index (χ1v) is 8.93. The molecule has 0 saturated heterocycles. The summed E-state index contributed by atoms with van der Waals surface area (Å²) >= 11 is 11.7. The van der Waals surface area contributed by atoms with E-state index >= 15 is 0 Å². The second-order valence-electron chi connectivity index (χ2n) is 5.86. The summed E-state index contributed by atoms with van der Waals surface area (Å²) in [4.78, 5) is 36.2. The largest absolute Gasteiger partial charge is 0.451 e. The molecular weight excluding hydrogens is 405 g/mol. The van der Waals surface area contributed by atoms with Crippen molar-refractivity contribution in [2.75, 3.05) is 6.54 Å². The van der Waals surface area contributed by atoms with Crippen molar-refractivity contribution in [1.82, 2.24) is 16.2 Å². The molecule has 0 atom stereocenters. The molecule has 3 amide bonds. The van der Waals surface area contributed by atoms with Crippen molar-refractivity contribution in [3.63, 3.8) is 0 Å². The smallest absolute Gasteiger partial charge is 0.305 e. The molecule has 3 aromatic rings. The molecule has 0 spiro atoms. The summed E-state index contributed by atoms with van der Waals surface area (Å²) < 4.78 is 5.51. The Bertz CT molecular complexity index is 1080. The minimum absolute atomic E-state index is 0.0958. The number of hydrogen-bond donors (Lipinski definition) is 3.